The van der Waals surface area contributed by atoms with Crippen molar-refractivity contribution in [2.45, 2.75) is 18.9 Å². The standard InChI is InChI=1S/C20H19FN2OS/c21-15-6-3-8-17(12-15)23-10-4-7-16(13-23)22-20(24)19-11-14-5-1-2-9-18(14)25-19/h1-3,5-6,8-9,11-12,16H,4,7,10,13H2,(H,22,24). The van der Waals surface area contributed by atoms with Gasteiger partial charge in [-0.05, 0) is 48.6 Å². The molecule has 25 heavy (non-hydrogen) atoms. The molecule has 1 unspecified atom stereocenters. The molecule has 1 saturated heterocycles. The highest BCUT2D eigenvalue weighted by Gasteiger charge is 2.23. The molecule has 4 rings (SSSR count). The summed E-state index contributed by atoms with van der Waals surface area (Å²) < 4.78 is 14.6. The Labute approximate surface area is 150 Å². The van der Waals surface area contributed by atoms with E-state index in [0.717, 1.165) is 40.0 Å². The number of nitrogens with one attached hydrogen (secondary N) is 1. The van der Waals surface area contributed by atoms with Crippen LogP contribution in [0.15, 0.2) is 54.6 Å². The third-order valence-corrected chi connectivity index (χ3v) is 5.69. The van der Waals surface area contributed by atoms with Gasteiger partial charge in [-0.1, -0.05) is 24.3 Å². The molecule has 0 saturated carbocycles. The Morgan fingerprint density at radius 3 is 2.88 bits per heavy atom. The minimum atomic E-state index is -0.228. The molecule has 1 aliphatic heterocycles. The molecule has 1 atom stereocenters. The van der Waals surface area contributed by atoms with Crippen molar-refractivity contribution >= 4 is 33.0 Å². The summed E-state index contributed by atoms with van der Waals surface area (Å²) in [6.45, 7) is 1.60. The van der Waals surface area contributed by atoms with Gasteiger partial charge in [-0.3, -0.25) is 4.79 Å². The quantitative estimate of drug-likeness (QED) is 0.754. The average molecular weight is 354 g/mol. The highest BCUT2D eigenvalue weighted by atomic mass is 32.1. The van der Waals surface area contributed by atoms with E-state index in [4.69, 9.17) is 0 Å². The fraction of sp³-hybridized carbons (Fsp3) is 0.250. The second-order valence-electron chi connectivity index (χ2n) is 6.39. The molecule has 2 heterocycles. The van der Waals surface area contributed by atoms with Crippen LogP contribution in [0.4, 0.5) is 10.1 Å². The van der Waals surface area contributed by atoms with Crippen LogP contribution < -0.4 is 10.2 Å². The molecule has 0 aliphatic carbocycles. The molecule has 1 N–H and O–H groups in total. The first-order chi connectivity index (χ1) is 12.2. The van der Waals surface area contributed by atoms with Crippen molar-refractivity contribution in [2.75, 3.05) is 18.0 Å². The molecule has 1 amide bonds. The summed E-state index contributed by atoms with van der Waals surface area (Å²) in [6.07, 6.45) is 1.93. The van der Waals surface area contributed by atoms with Gasteiger partial charge in [0.05, 0.1) is 4.88 Å². The first-order valence-corrected chi connectivity index (χ1v) is 9.31. The monoisotopic (exact) mass is 354 g/mol. The highest BCUT2D eigenvalue weighted by molar-refractivity contribution is 7.20. The summed E-state index contributed by atoms with van der Waals surface area (Å²) in [5, 5.41) is 4.25. The Balaban J connectivity index is 1.45. The number of thiophene rings is 1. The smallest absolute Gasteiger partial charge is 0.261 e. The lowest BCUT2D eigenvalue weighted by Crippen LogP contribution is -2.47. The molecule has 1 fully saturated rings. The van der Waals surface area contributed by atoms with Gasteiger partial charge < -0.3 is 10.2 Å². The number of halogens is 1. The van der Waals surface area contributed by atoms with E-state index in [0.29, 0.717) is 6.54 Å². The zero-order valence-corrected chi connectivity index (χ0v) is 14.6. The Bertz CT molecular complexity index is 874. The normalized spacial score (nSPS) is 17.6. The maximum atomic E-state index is 13.5. The van der Waals surface area contributed by atoms with E-state index >= 15 is 0 Å². The number of nitrogens with zero attached hydrogens (tertiary/aromatic N) is 1. The lowest BCUT2D eigenvalue weighted by molar-refractivity contribution is 0.0937. The van der Waals surface area contributed by atoms with Crippen molar-refractivity contribution in [1.82, 2.24) is 5.32 Å². The highest BCUT2D eigenvalue weighted by Crippen LogP contribution is 2.26. The van der Waals surface area contributed by atoms with Gasteiger partial charge in [-0.15, -0.1) is 11.3 Å². The number of fused-ring (bicyclic) bond motifs is 1. The van der Waals surface area contributed by atoms with Crippen LogP contribution in [-0.4, -0.2) is 25.0 Å². The lowest BCUT2D eigenvalue weighted by Gasteiger charge is -2.34. The Kier molecular flexibility index (Phi) is 4.40. The van der Waals surface area contributed by atoms with Crippen molar-refractivity contribution in [1.29, 1.82) is 0 Å². The van der Waals surface area contributed by atoms with Crippen molar-refractivity contribution in [3.63, 3.8) is 0 Å². The Morgan fingerprint density at radius 2 is 2.04 bits per heavy atom. The molecule has 2 aromatic carbocycles. The van der Waals surface area contributed by atoms with Gasteiger partial charge in [0.15, 0.2) is 0 Å². The summed E-state index contributed by atoms with van der Waals surface area (Å²) >= 11 is 1.52. The first kappa shape index (κ1) is 16.1. The number of hydrogen-bond acceptors (Lipinski definition) is 3. The van der Waals surface area contributed by atoms with Crippen molar-refractivity contribution in [3.8, 4) is 0 Å². The third-order valence-electron chi connectivity index (χ3n) is 4.58. The van der Waals surface area contributed by atoms with Crippen LogP contribution in [0.2, 0.25) is 0 Å². The fourth-order valence-electron chi connectivity index (χ4n) is 3.35. The van der Waals surface area contributed by atoms with Crippen LogP contribution >= 0.6 is 11.3 Å². The molecule has 3 aromatic rings. The molecule has 0 radical (unpaired) electrons. The summed E-state index contributed by atoms with van der Waals surface area (Å²) in [5.74, 6) is -0.249. The molecule has 5 heteroatoms. The van der Waals surface area contributed by atoms with E-state index in [1.165, 1.54) is 17.4 Å². The van der Waals surface area contributed by atoms with Crippen LogP contribution in [0.1, 0.15) is 22.5 Å². The maximum Gasteiger partial charge on any atom is 0.261 e. The second kappa shape index (κ2) is 6.84. The zero-order valence-electron chi connectivity index (χ0n) is 13.7. The van der Waals surface area contributed by atoms with Crippen LogP contribution in [0, 0.1) is 5.82 Å². The Morgan fingerprint density at radius 1 is 1.16 bits per heavy atom. The van der Waals surface area contributed by atoms with E-state index in [2.05, 4.69) is 10.2 Å². The number of rotatable bonds is 3. The van der Waals surface area contributed by atoms with Crippen LogP contribution in [0.3, 0.4) is 0 Å². The molecular formula is C20H19FN2OS. The van der Waals surface area contributed by atoms with Gasteiger partial charge >= 0.3 is 0 Å². The molecule has 0 spiro atoms. The van der Waals surface area contributed by atoms with Gasteiger partial charge in [-0.2, -0.15) is 0 Å². The number of anilines is 1. The van der Waals surface area contributed by atoms with Crippen molar-refractivity contribution < 1.29 is 9.18 Å². The molecule has 128 valence electrons. The minimum Gasteiger partial charge on any atom is -0.369 e. The van der Waals surface area contributed by atoms with Crippen LogP contribution in [0.5, 0.6) is 0 Å². The summed E-state index contributed by atoms with van der Waals surface area (Å²) in [7, 11) is 0. The molecule has 1 aliphatic rings. The zero-order chi connectivity index (χ0) is 17.2. The van der Waals surface area contributed by atoms with Crippen molar-refractivity contribution in [3.05, 3.63) is 65.3 Å². The third kappa shape index (κ3) is 3.51. The minimum absolute atomic E-state index is 0.0210. The van der Waals surface area contributed by atoms with E-state index < -0.39 is 0 Å². The molecule has 0 bridgehead atoms. The number of carbonyl (C=O) groups is 1. The summed E-state index contributed by atoms with van der Waals surface area (Å²) in [5.41, 5.74) is 0.876. The summed E-state index contributed by atoms with van der Waals surface area (Å²) in [6, 6.07) is 16.7. The van der Waals surface area contributed by atoms with Crippen LogP contribution in [-0.2, 0) is 0 Å². The Hall–Kier alpha value is -2.40. The largest absolute Gasteiger partial charge is 0.369 e. The first-order valence-electron chi connectivity index (χ1n) is 8.49. The lowest BCUT2D eigenvalue weighted by atomic mass is 10.0. The maximum absolute atomic E-state index is 13.5. The second-order valence-corrected chi connectivity index (χ2v) is 7.47. The number of carbonyl (C=O) groups excluding carboxylic acids is 1. The average Bonchev–Trinajstić information content (AvgIpc) is 3.06. The van der Waals surface area contributed by atoms with Crippen molar-refractivity contribution in [2.24, 2.45) is 0 Å². The van der Waals surface area contributed by atoms with Gasteiger partial charge in [-0.25, -0.2) is 4.39 Å². The topological polar surface area (TPSA) is 32.3 Å². The number of hydrogen-bond donors (Lipinski definition) is 1. The molecule has 1 aromatic heterocycles. The summed E-state index contributed by atoms with van der Waals surface area (Å²) in [4.78, 5) is 15.5. The van der Waals surface area contributed by atoms with E-state index in [1.54, 1.807) is 12.1 Å². The predicted octanol–water partition coefficient (Wildman–Crippen LogP) is 4.44. The molecular weight excluding hydrogens is 335 g/mol. The van der Waals surface area contributed by atoms with Gasteiger partial charge in [0, 0.05) is 29.5 Å². The van der Waals surface area contributed by atoms with Crippen LogP contribution in [0.25, 0.3) is 10.1 Å². The van der Waals surface area contributed by atoms with Gasteiger partial charge in [0.2, 0.25) is 0 Å². The van der Waals surface area contributed by atoms with Gasteiger partial charge in [0.25, 0.3) is 5.91 Å². The van der Waals surface area contributed by atoms with Gasteiger partial charge in [0.1, 0.15) is 5.82 Å². The van der Waals surface area contributed by atoms with E-state index in [9.17, 15) is 9.18 Å². The van der Waals surface area contributed by atoms with E-state index in [-0.39, 0.29) is 17.8 Å². The SMILES string of the molecule is O=C(NC1CCCN(c2cccc(F)c2)C1)c1cc2ccccc2s1. The number of benzene rings is 2. The number of amides is 1. The molecule has 3 nitrogen and oxygen atoms in total. The predicted molar refractivity (Wildman–Crippen MR) is 101 cm³/mol. The van der Waals surface area contributed by atoms with E-state index in [1.807, 2.05) is 36.4 Å². The fourth-order valence-corrected chi connectivity index (χ4v) is 4.32. The number of piperidine rings is 1.